The Balaban J connectivity index is 3.19. The van der Waals surface area contributed by atoms with E-state index in [0.29, 0.717) is 0 Å². The van der Waals surface area contributed by atoms with Gasteiger partial charge >= 0.3 is 0 Å². The Kier molecular flexibility index (Phi) is 5.57. The second kappa shape index (κ2) is 6.71. The Bertz CT molecular complexity index is 436. The van der Waals surface area contributed by atoms with Crippen LogP contribution < -0.4 is 0 Å². The molecule has 0 bridgehead atoms. The Morgan fingerprint density at radius 2 is 2.06 bits per heavy atom. The number of azide groups is 1. The maximum absolute atomic E-state index is 8.58. The minimum Gasteiger partial charge on any atom is -0.0732 e. The quantitative estimate of drug-likeness (QED) is 0.292. The van der Waals surface area contributed by atoms with Crippen molar-refractivity contribution in [2.45, 2.75) is 58.4 Å². The Morgan fingerprint density at radius 1 is 1.39 bits per heavy atom. The zero-order chi connectivity index (χ0) is 13.6. The van der Waals surface area contributed by atoms with Gasteiger partial charge < -0.3 is 0 Å². The van der Waals surface area contributed by atoms with Gasteiger partial charge in [-0.3, -0.25) is 0 Å². The highest BCUT2D eigenvalue weighted by molar-refractivity contribution is 6.75. The molecule has 1 aliphatic carbocycles. The Hall–Kier alpha value is -1.12. The third-order valence-electron chi connectivity index (χ3n) is 4.15. The predicted octanol–water partition coefficient (Wildman–Crippen LogP) is 4.92. The van der Waals surface area contributed by atoms with E-state index >= 15 is 0 Å². The molecule has 0 radical (unpaired) electrons. The highest BCUT2D eigenvalue weighted by atomic mass is 28.2. The van der Waals surface area contributed by atoms with Gasteiger partial charge in [-0.25, -0.2) is 0 Å². The third kappa shape index (κ3) is 3.44. The molecule has 0 heterocycles. The van der Waals surface area contributed by atoms with Gasteiger partial charge in [0.1, 0.15) is 0 Å². The van der Waals surface area contributed by atoms with E-state index in [-0.39, 0.29) is 5.04 Å². The summed E-state index contributed by atoms with van der Waals surface area (Å²) in [7, 11) is -0.899. The van der Waals surface area contributed by atoms with E-state index in [2.05, 4.69) is 49.9 Å². The Morgan fingerprint density at radius 3 is 2.50 bits per heavy atom. The van der Waals surface area contributed by atoms with Crippen molar-refractivity contribution in [1.82, 2.24) is 0 Å². The summed E-state index contributed by atoms with van der Waals surface area (Å²) in [5, 5.41) is 5.55. The largest absolute Gasteiger partial charge is 0.0732 e. The van der Waals surface area contributed by atoms with E-state index in [1.165, 1.54) is 10.8 Å². The maximum atomic E-state index is 8.58. The molecule has 0 aliphatic heterocycles. The molecule has 3 nitrogen and oxygen atoms in total. The average molecular weight is 261 g/mol. The van der Waals surface area contributed by atoms with Crippen LogP contribution in [-0.4, -0.2) is 14.2 Å². The van der Waals surface area contributed by atoms with Crippen molar-refractivity contribution in [2.75, 3.05) is 0 Å². The molecule has 0 saturated carbocycles. The van der Waals surface area contributed by atoms with E-state index in [1.54, 1.807) is 0 Å². The molecule has 0 amide bonds. The first kappa shape index (κ1) is 14.9. The number of hydrogen-bond acceptors (Lipinski definition) is 1. The van der Waals surface area contributed by atoms with Crippen molar-refractivity contribution in [3.05, 3.63) is 33.4 Å². The first-order valence-corrected chi connectivity index (χ1v) is 8.26. The van der Waals surface area contributed by atoms with Crippen molar-refractivity contribution in [3.8, 4) is 0 Å². The number of hydrogen-bond donors (Lipinski definition) is 0. The molecule has 0 saturated heterocycles. The van der Waals surface area contributed by atoms with Gasteiger partial charge in [0.05, 0.1) is 0 Å². The molecular formula is C14H23N3Si. The molecule has 0 spiro atoms. The van der Waals surface area contributed by atoms with Crippen molar-refractivity contribution >= 4 is 14.2 Å². The second-order valence-electron chi connectivity index (χ2n) is 5.22. The van der Waals surface area contributed by atoms with Crippen molar-refractivity contribution in [2.24, 2.45) is 5.11 Å². The lowest BCUT2D eigenvalue weighted by molar-refractivity contribution is 0.560. The van der Waals surface area contributed by atoms with Gasteiger partial charge in [-0.1, -0.05) is 48.8 Å². The van der Waals surface area contributed by atoms with E-state index < -0.39 is 8.41 Å². The third-order valence-corrected chi connectivity index (χ3v) is 7.64. The number of rotatable bonds is 5. The Labute approximate surface area is 111 Å². The van der Waals surface area contributed by atoms with Crippen LogP contribution in [-0.2, 0) is 0 Å². The lowest BCUT2D eigenvalue weighted by atomic mass is 10.1. The summed E-state index contributed by atoms with van der Waals surface area (Å²) in [5.41, 5.74) is 10.0. The normalized spacial score (nSPS) is 16.8. The van der Waals surface area contributed by atoms with Gasteiger partial charge in [-0.15, -0.1) is 0 Å². The van der Waals surface area contributed by atoms with Gasteiger partial charge in [0.15, 0.2) is 0 Å². The summed E-state index contributed by atoms with van der Waals surface area (Å²) in [5.74, 6) is 1.90. The van der Waals surface area contributed by atoms with E-state index in [1.807, 2.05) is 5.80 Å². The number of nitrogens with zero attached hydrogens (tertiary/aromatic N) is 3. The molecular weight excluding hydrogens is 238 g/mol. The minimum atomic E-state index is -0.899. The standard InChI is InChI=1S/C14H23N3Si/c1-5-14(4,6-2)18(11-16-17-15)13-9-7-12(3)8-10-13/h7,9,11H,5-6,8,10H2,1-4H3. The molecule has 0 aromatic heterocycles. The number of allylic oxidation sites excluding steroid dienone is 4. The van der Waals surface area contributed by atoms with Gasteiger partial charge in [-0.05, 0) is 49.0 Å². The SMILES string of the molecule is CCC(C)(CC)[Si](=CN=[N+]=[N-])C1=CC=C(C)CC1. The fraction of sp³-hybridized carbons (Fsp3) is 0.643. The zero-order valence-corrected chi connectivity index (χ0v) is 12.9. The summed E-state index contributed by atoms with van der Waals surface area (Å²) < 4.78 is 0. The maximum Gasteiger partial charge on any atom is 0.0496 e. The summed E-state index contributed by atoms with van der Waals surface area (Å²) in [6.07, 6.45) is 9.03. The molecule has 0 aromatic rings. The fourth-order valence-corrected chi connectivity index (χ4v) is 5.15. The summed E-state index contributed by atoms with van der Waals surface area (Å²) in [6, 6.07) is 0. The van der Waals surface area contributed by atoms with Crippen molar-refractivity contribution in [3.63, 3.8) is 0 Å². The zero-order valence-electron chi connectivity index (χ0n) is 11.9. The van der Waals surface area contributed by atoms with Crippen LogP contribution in [0.5, 0.6) is 0 Å². The molecule has 0 atom stereocenters. The van der Waals surface area contributed by atoms with Crippen LogP contribution in [0.1, 0.15) is 53.4 Å². The van der Waals surface area contributed by atoms with Crippen LogP contribution >= 0.6 is 0 Å². The van der Waals surface area contributed by atoms with Crippen LogP contribution in [0.3, 0.4) is 0 Å². The van der Waals surface area contributed by atoms with Crippen LogP contribution in [0, 0.1) is 0 Å². The van der Waals surface area contributed by atoms with Crippen molar-refractivity contribution in [1.29, 1.82) is 0 Å². The van der Waals surface area contributed by atoms with E-state index in [9.17, 15) is 0 Å². The van der Waals surface area contributed by atoms with Gasteiger partial charge in [0.2, 0.25) is 0 Å². The van der Waals surface area contributed by atoms with Crippen LogP contribution in [0.25, 0.3) is 10.4 Å². The summed E-state index contributed by atoms with van der Waals surface area (Å²) in [6.45, 7) is 8.98. The monoisotopic (exact) mass is 261 g/mol. The highest BCUT2D eigenvalue weighted by Crippen LogP contribution is 2.38. The molecule has 0 N–H and O–H groups in total. The van der Waals surface area contributed by atoms with Gasteiger partial charge in [0.25, 0.3) is 0 Å². The molecule has 1 aliphatic rings. The first-order valence-electron chi connectivity index (χ1n) is 6.69. The molecule has 0 fully saturated rings. The summed E-state index contributed by atoms with van der Waals surface area (Å²) >= 11 is 0. The lowest BCUT2D eigenvalue weighted by Gasteiger charge is -2.32. The first-order chi connectivity index (χ1) is 8.57. The fourth-order valence-electron chi connectivity index (χ4n) is 2.31. The molecule has 1 rings (SSSR count). The van der Waals surface area contributed by atoms with Gasteiger partial charge in [0, 0.05) is 13.3 Å². The molecule has 0 aromatic carbocycles. The van der Waals surface area contributed by atoms with Crippen molar-refractivity contribution < 1.29 is 0 Å². The van der Waals surface area contributed by atoms with Crippen LogP contribution in [0.15, 0.2) is 28.0 Å². The molecule has 4 heteroatoms. The lowest BCUT2D eigenvalue weighted by Crippen LogP contribution is -2.27. The minimum absolute atomic E-state index is 0.282. The van der Waals surface area contributed by atoms with E-state index in [0.717, 1.165) is 25.7 Å². The predicted molar refractivity (Wildman–Crippen MR) is 81.0 cm³/mol. The second-order valence-corrected chi connectivity index (χ2v) is 8.16. The highest BCUT2D eigenvalue weighted by Gasteiger charge is 2.28. The average Bonchev–Trinajstić information content (AvgIpc) is 2.40. The molecule has 18 heavy (non-hydrogen) atoms. The van der Waals surface area contributed by atoms with Gasteiger partial charge in [-0.2, -0.15) is 0 Å². The molecule has 0 unspecified atom stereocenters. The van der Waals surface area contributed by atoms with Crippen LogP contribution in [0.4, 0.5) is 0 Å². The smallest absolute Gasteiger partial charge is 0.0496 e. The topological polar surface area (TPSA) is 48.8 Å². The molecule has 98 valence electrons. The summed E-state index contributed by atoms with van der Waals surface area (Å²) in [4.78, 5) is 2.92. The van der Waals surface area contributed by atoms with E-state index in [4.69, 9.17) is 5.53 Å². The van der Waals surface area contributed by atoms with Crippen LogP contribution in [0.2, 0.25) is 5.04 Å².